The van der Waals surface area contributed by atoms with E-state index in [-0.39, 0.29) is 5.54 Å². The van der Waals surface area contributed by atoms with Gasteiger partial charge >= 0.3 is 0 Å². The molecular formula is C17H36N4O2. The standard InChI is InChI=1S/C17H36N4O2/c1-5-18-16(19-9-7-8-12-22-6-2)20-15-17(3,4)21-10-13-23-14-11-21/h5-15H2,1-4H3,(H2,18,19,20). The highest BCUT2D eigenvalue weighted by atomic mass is 16.5. The molecule has 2 N–H and O–H groups in total. The Morgan fingerprint density at radius 3 is 2.57 bits per heavy atom. The Kier molecular flexibility index (Phi) is 10.2. The Morgan fingerprint density at radius 2 is 1.91 bits per heavy atom. The van der Waals surface area contributed by atoms with Crippen LogP contribution in [0.5, 0.6) is 0 Å². The summed E-state index contributed by atoms with van der Waals surface area (Å²) in [6, 6.07) is 0. The van der Waals surface area contributed by atoms with Crippen LogP contribution in [0.1, 0.15) is 40.5 Å². The summed E-state index contributed by atoms with van der Waals surface area (Å²) in [5, 5.41) is 6.74. The van der Waals surface area contributed by atoms with Gasteiger partial charge in [0.2, 0.25) is 0 Å². The van der Waals surface area contributed by atoms with Gasteiger partial charge in [-0.1, -0.05) is 0 Å². The van der Waals surface area contributed by atoms with Gasteiger partial charge in [0.15, 0.2) is 5.96 Å². The van der Waals surface area contributed by atoms with Crippen LogP contribution in [-0.4, -0.2) is 75.5 Å². The minimum Gasteiger partial charge on any atom is -0.382 e. The first kappa shape index (κ1) is 20.2. The molecule has 0 atom stereocenters. The third kappa shape index (κ3) is 8.53. The van der Waals surface area contributed by atoms with Crippen LogP contribution < -0.4 is 10.6 Å². The number of unbranched alkanes of at least 4 members (excludes halogenated alkanes) is 1. The van der Waals surface area contributed by atoms with E-state index in [1.807, 2.05) is 6.92 Å². The first-order valence-corrected chi connectivity index (χ1v) is 9.03. The summed E-state index contributed by atoms with van der Waals surface area (Å²) >= 11 is 0. The first-order chi connectivity index (χ1) is 11.1. The van der Waals surface area contributed by atoms with Crippen LogP contribution >= 0.6 is 0 Å². The van der Waals surface area contributed by atoms with Crippen LogP contribution in [0.4, 0.5) is 0 Å². The lowest BCUT2D eigenvalue weighted by Gasteiger charge is -2.39. The molecule has 1 rings (SSSR count). The molecule has 1 saturated heterocycles. The molecule has 6 heteroatoms. The average Bonchev–Trinajstić information content (AvgIpc) is 2.56. The van der Waals surface area contributed by atoms with Crippen molar-refractivity contribution in [3.63, 3.8) is 0 Å². The third-order valence-corrected chi connectivity index (χ3v) is 4.05. The number of nitrogens with one attached hydrogen (secondary N) is 2. The number of aliphatic imine (C=N–C) groups is 1. The highest BCUT2D eigenvalue weighted by Crippen LogP contribution is 2.16. The Bertz CT molecular complexity index is 329. The van der Waals surface area contributed by atoms with Gasteiger partial charge in [-0.15, -0.1) is 0 Å². The molecule has 0 aromatic rings. The predicted molar refractivity (Wildman–Crippen MR) is 96.2 cm³/mol. The van der Waals surface area contributed by atoms with Gasteiger partial charge in [-0.3, -0.25) is 9.89 Å². The highest BCUT2D eigenvalue weighted by molar-refractivity contribution is 5.79. The SMILES string of the molecule is CCNC(=NCC(C)(C)N1CCOCC1)NCCCCOCC. The second-order valence-corrected chi connectivity index (χ2v) is 6.44. The van der Waals surface area contributed by atoms with Crippen molar-refractivity contribution in [1.82, 2.24) is 15.5 Å². The molecule has 0 saturated carbocycles. The fourth-order valence-electron chi connectivity index (χ4n) is 2.56. The maximum absolute atomic E-state index is 5.44. The van der Waals surface area contributed by atoms with Gasteiger partial charge < -0.3 is 20.1 Å². The van der Waals surface area contributed by atoms with Crippen LogP contribution in [-0.2, 0) is 9.47 Å². The zero-order chi connectivity index (χ0) is 17.0. The van der Waals surface area contributed by atoms with Crippen LogP contribution in [0.2, 0.25) is 0 Å². The highest BCUT2D eigenvalue weighted by Gasteiger charge is 2.27. The lowest BCUT2D eigenvalue weighted by atomic mass is 10.0. The second-order valence-electron chi connectivity index (χ2n) is 6.44. The van der Waals surface area contributed by atoms with Gasteiger partial charge in [-0.2, -0.15) is 0 Å². The van der Waals surface area contributed by atoms with Crippen LogP contribution in [0.25, 0.3) is 0 Å². The molecule has 0 bridgehead atoms. The molecule has 0 amide bonds. The molecule has 6 nitrogen and oxygen atoms in total. The number of guanidine groups is 1. The predicted octanol–water partition coefficient (Wildman–Crippen LogP) is 1.47. The molecule has 23 heavy (non-hydrogen) atoms. The van der Waals surface area contributed by atoms with Gasteiger partial charge in [0.25, 0.3) is 0 Å². The molecule has 0 aromatic carbocycles. The van der Waals surface area contributed by atoms with Crippen molar-refractivity contribution in [3.8, 4) is 0 Å². The third-order valence-electron chi connectivity index (χ3n) is 4.05. The summed E-state index contributed by atoms with van der Waals surface area (Å²) in [6.07, 6.45) is 2.18. The Hall–Kier alpha value is -0.850. The number of hydrogen-bond donors (Lipinski definition) is 2. The molecule has 1 heterocycles. The zero-order valence-electron chi connectivity index (χ0n) is 15.5. The average molecular weight is 329 g/mol. The van der Waals surface area contributed by atoms with Crippen molar-refractivity contribution in [1.29, 1.82) is 0 Å². The Morgan fingerprint density at radius 1 is 1.17 bits per heavy atom. The molecule has 0 spiro atoms. The lowest BCUT2D eigenvalue weighted by Crippen LogP contribution is -2.52. The Labute approximate surface area is 142 Å². The van der Waals surface area contributed by atoms with Crippen molar-refractivity contribution in [2.45, 2.75) is 46.1 Å². The summed E-state index contributed by atoms with van der Waals surface area (Å²) in [7, 11) is 0. The Balaban J connectivity index is 2.37. The van der Waals surface area contributed by atoms with E-state index >= 15 is 0 Å². The van der Waals surface area contributed by atoms with E-state index in [1.54, 1.807) is 0 Å². The zero-order valence-corrected chi connectivity index (χ0v) is 15.5. The fourth-order valence-corrected chi connectivity index (χ4v) is 2.56. The van der Waals surface area contributed by atoms with E-state index in [1.165, 1.54) is 0 Å². The largest absolute Gasteiger partial charge is 0.382 e. The number of nitrogens with zero attached hydrogens (tertiary/aromatic N) is 2. The van der Waals surface area contributed by atoms with E-state index in [9.17, 15) is 0 Å². The van der Waals surface area contributed by atoms with Gasteiger partial charge in [0.1, 0.15) is 0 Å². The van der Waals surface area contributed by atoms with Crippen LogP contribution in [0.15, 0.2) is 4.99 Å². The summed E-state index contributed by atoms with van der Waals surface area (Å²) < 4.78 is 10.8. The number of rotatable bonds is 10. The first-order valence-electron chi connectivity index (χ1n) is 9.03. The van der Waals surface area contributed by atoms with Crippen molar-refractivity contribution >= 4 is 5.96 Å². The second kappa shape index (κ2) is 11.6. The van der Waals surface area contributed by atoms with Gasteiger partial charge in [-0.05, 0) is 40.5 Å². The molecule has 0 aromatic heterocycles. The number of morpholine rings is 1. The van der Waals surface area contributed by atoms with Gasteiger partial charge in [0, 0.05) is 44.9 Å². The van der Waals surface area contributed by atoms with Gasteiger partial charge in [0.05, 0.1) is 19.8 Å². The molecule has 1 aliphatic rings. The monoisotopic (exact) mass is 328 g/mol. The molecule has 1 fully saturated rings. The van der Waals surface area contributed by atoms with Crippen molar-refractivity contribution < 1.29 is 9.47 Å². The topological polar surface area (TPSA) is 58.1 Å². The molecule has 0 unspecified atom stereocenters. The van der Waals surface area contributed by atoms with E-state index in [0.29, 0.717) is 0 Å². The van der Waals surface area contributed by atoms with Crippen LogP contribution in [0.3, 0.4) is 0 Å². The van der Waals surface area contributed by atoms with E-state index in [0.717, 1.165) is 78.0 Å². The maximum Gasteiger partial charge on any atom is 0.191 e. The summed E-state index contributed by atoms with van der Waals surface area (Å²) in [4.78, 5) is 7.24. The van der Waals surface area contributed by atoms with E-state index in [2.05, 4.69) is 36.3 Å². The van der Waals surface area contributed by atoms with Crippen LogP contribution in [0, 0.1) is 0 Å². The lowest BCUT2D eigenvalue weighted by molar-refractivity contribution is -0.00683. The number of hydrogen-bond acceptors (Lipinski definition) is 4. The quantitative estimate of drug-likeness (QED) is 0.361. The van der Waals surface area contributed by atoms with Crippen molar-refractivity contribution in [3.05, 3.63) is 0 Å². The summed E-state index contributed by atoms with van der Waals surface area (Å²) in [5.74, 6) is 0.908. The number of ether oxygens (including phenoxy) is 2. The molecule has 136 valence electrons. The minimum atomic E-state index is 0.0566. The summed E-state index contributed by atoms with van der Waals surface area (Å²) in [5.41, 5.74) is 0.0566. The molecule has 1 aliphatic heterocycles. The smallest absolute Gasteiger partial charge is 0.191 e. The molecule has 0 aliphatic carbocycles. The minimum absolute atomic E-state index is 0.0566. The molecular weight excluding hydrogens is 292 g/mol. The maximum atomic E-state index is 5.44. The van der Waals surface area contributed by atoms with Crippen molar-refractivity contribution in [2.24, 2.45) is 4.99 Å². The van der Waals surface area contributed by atoms with E-state index < -0.39 is 0 Å². The van der Waals surface area contributed by atoms with Crippen molar-refractivity contribution in [2.75, 3.05) is 59.2 Å². The van der Waals surface area contributed by atoms with E-state index in [4.69, 9.17) is 14.5 Å². The molecule has 0 radical (unpaired) electrons. The fraction of sp³-hybridized carbons (Fsp3) is 0.941. The summed E-state index contributed by atoms with van der Waals surface area (Å²) in [6.45, 7) is 16.5. The van der Waals surface area contributed by atoms with Gasteiger partial charge in [-0.25, -0.2) is 0 Å². The normalized spacial score (nSPS) is 17.3.